The van der Waals surface area contributed by atoms with E-state index in [1.165, 1.54) is 0 Å². The fraction of sp³-hybridized carbons (Fsp3) is 0.0769. The lowest BCUT2D eigenvalue weighted by Crippen LogP contribution is -2.13. The lowest BCUT2D eigenvalue weighted by Gasteiger charge is -2.04. The summed E-state index contributed by atoms with van der Waals surface area (Å²) < 4.78 is 7.45. The normalized spacial score (nSPS) is 10.9. The van der Waals surface area contributed by atoms with Crippen molar-refractivity contribution in [1.29, 1.82) is 0 Å². The minimum Gasteiger partial charge on any atom is -0.444 e. The van der Waals surface area contributed by atoms with Gasteiger partial charge in [0.1, 0.15) is 5.82 Å². The van der Waals surface area contributed by atoms with Crippen LogP contribution in [-0.2, 0) is 0 Å². The van der Waals surface area contributed by atoms with Gasteiger partial charge in [0.2, 0.25) is 0 Å². The van der Waals surface area contributed by atoms with E-state index in [0.717, 1.165) is 0 Å². The molecule has 1 amide bonds. The van der Waals surface area contributed by atoms with E-state index in [9.17, 15) is 4.79 Å². The van der Waals surface area contributed by atoms with Crippen LogP contribution in [0.4, 0.5) is 5.82 Å². The molecule has 0 bridgehead atoms. The molecule has 102 valence electrons. The van der Waals surface area contributed by atoms with Crippen LogP contribution < -0.4 is 5.32 Å². The maximum absolute atomic E-state index is 12.1. The van der Waals surface area contributed by atoms with Crippen LogP contribution in [0.15, 0.2) is 39.5 Å². The molecule has 3 aromatic heterocycles. The number of rotatable bonds is 2. The van der Waals surface area contributed by atoms with Gasteiger partial charge in [-0.2, -0.15) is 0 Å². The molecule has 0 spiro atoms. The van der Waals surface area contributed by atoms with Gasteiger partial charge in [0.05, 0.1) is 10.7 Å². The Bertz CT molecular complexity index is 809. The van der Waals surface area contributed by atoms with Crippen molar-refractivity contribution in [2.24, 2.45) is 0 Å². The van der Waals surface area contributed by atoms with Gasteiger partial charge < -0.3 is 9.73 Å². The number of hydrogen-bond donors (Lipinski definition) is 1. The second kappa shape index (κ2) is 4.96. The van der Waals surface area contributed by atoms with Gasteiger partial charge in [-0.05, 0) is 47.1 Å². The second-order valence-electron chi connectivity index (χ2n) is 4.15. The highest BCUT2D eigenvalue weighted by atomic mass is 79.9. The first-order valence-electron chi connectivity index (χ1n) is 5.76. The van der Waals surface area contributed by atoms with Gasteiger partial charge in [-0.25, -0.2) is 4.98 Å². The number of carbonyl (C=O) groups excluding carboxylic acids is 1. The van der Waals surface area contributed by atoms with Crippen molar-refractivity contribution in [2.75, 3.05) is 5.32 Å². The number of furan rings is 1. The van der Waals surface area contributed by atoms with Crippen molar-refractivity contribution in [3.8, 4) is 0 Å². The summed E-state index contributed by atoms with van der Waals surface area (Å²) in [6, 6.07) is 6.78. The molecule has 0 aromatic carbocycles. The minimum atomic E-state index is -0.347. The standard InChI is InChI=1S/C13H9BrClN3O2/c1-7-11(17-13(19)9-4-5-10(14)20-9)18-6-2-3-8(15)12(18)16-7/h2-6H,1H3,(H,17,19). The first kappa shape index (κ1) is 13.2. The number of amides is 1. The molecule has 7 heteroatoms. The number of halogens is 2. The van der Waals surface area contributed by atoms with Gasteiger partial charge in [-0.15, -0.1) is 0 Å². The molecule has 0 atom stereocenters. The van der Waals surface area contributed by atoms with Crippen LogP contribution in [0.3, 0.4) is 0 Å². The molecule has 0 aliphatic rings. The molecule has 0 aliphatic carbocycles. The van der Waals surface area contributed by atoms with Gasteiger partial charge in [0.15, 0.2) is 16.1 Å². The largest absolute Gasteiger partial charge is 0.444 e. The number of carbonyl (C=O) groups is 1. The molecular formula is C13H9BrClN3O2. The predicted molar refractivity (Wildman–Crippen MR) is 79.3 cm³/mol. The summed E-state index contributed by atoms with van der Waals surface area (Å²) in [5.74, 6) is 0.439. The number of nitrogens with zero attached hydrogens (tertiary/aromatic N) is 2. The summed E-state index contributed by atoms with van der Waals surface area (Å²) in [5, 5.41) is 3.30. The van der Waals surface area contributed by atoms with Crippen LogP contribution >= 0.6 is 27.5 Å². The van der Waals surface area contributed by atoms with E-state index in [1.807, 2.05) is 0 Å². The Kier molecular flexibility index (Phi) is 3.27. The van der Waals surface area contributed by atoms with E-state index in [1.54, 1.807) is 41.8 Å². The Morgan fingerprint density at radius 1 is 1.45 bits per heavy atom. The van der Waals surface area contributed by atoms with Gasteiger partial charge >= 0.3 is 0 Å². The number of nitrogens with one attached hydrogen (secondary N) is 1. The lowest BCUT2D eigenvalue weighted by atomic mass is 10.4. The average molecular weight is 355 g/mol. The highest BCUT2D eigenvalue weighted by Crippen LogP contribution is 2.24. The third-order valence-corrected chi connectivity index (χ3v) is 3.53. The van der Waals surface area contributed by atoms with Gasteiger partial charge in [0.25, 0.3) is 5.91 Å². The summed E-state index contributed by atoms with van der Waals surface area (Å²) in [6.07, 6.45) is 1.79. The van der Waals surface area contributed by atoms with Crippen molar-refractivity contribution >= 4 is 44.9 Å². The minimum absolute atomic E-state index is 0.216. The molecule has 20 heavy (non-hydrogen) atoms. The summed E-state index contributed by atoms with van der Waals surface area (Å²) in [7, 11) is 0. The van der Waals surface area contributed by atoms with Crippen molar-refractivity contribution < 1.29 is 9.21 Å². The zero-order valence-corrected chi connectivity index (χ0v) is 12.7. The molecule has 0 radical (unpaired) electrons. The number of pyridine rings is 1. The first-order chi connectivity index (χ1) is 9.56. The maximum atomic E-state index is 12.1. The number of imidazole rings is 1. The Labute approximate surface area is 127 Å². The van der Waals surface area contributed by atoms with E-state index in [0.29, 0.717) is 26.9 Å². The molecule has 0 unspecified atom stereocenters. The average Bonchev–Trinajstić information content (AvgIpc) is 2.96. The highest BCUT2D eigenvalue weighted by molar-refractivity contribution is 9.10. The molecule has 5 nitrogen and oxygen atoms in total. The quantitative estimate of drug-likeness (QED) is 0.759. The summed E-state index contributed by atoms with van der Waals surface area (Å²) in [4.78, 5) is 16.4. The zero-order valence-electron chi connectivity index (χ0n) is 10.4. The Morgan fingerprint density at radius 2 is 2.25 bits per heavy atom. The monoisotopic (exact) mass is 353 g/mol. The van der Waals surface area contributed by atoms with E-state index in [-0.39, 0.29) is 11.7 Å². The predicted octanol–water partition coefficient (Wildman–Crippen LogP) is 3.90. The molecule has 0 saturated carbocycles. The number of fused-ring (bicyclic) bond motifs is 1. The van der Waals surface area contributed by atoms with Crippen LogP contribution in [0.1, 0.15) is 16.2 Å². The molecule has 3 rings (SSSR count). The lowest BCUT2D eigenvalue weighted by molar-refractivity contribution is 0.0995. The number of aromatic nitrogens is 2. The van der Waals surface area contributed by atoms with Crippen LogP contribution in [0.25, 0.3) is 5.65 Å². The second-order valence-corrected chi connectivity index (χ2v) is 5.34. The van der Waals surface area contributed by atoms with Crippen LogP contribution in [0.5, 0.6) is 0 Å². The van der Waals surface area contributed by atoms with Gasteiger partial charge in [-0.1, -0.05) is 11.6 Å². The van der Waals surface area contributed by atoms with E-state index in [4.69, 9.17) is 16.0 Å². The summed E-state index contributed by atoms with van der Waals surface area (Å²) in [5.41, 5.74) is 1.28. The molecule has 0 aliphatic heterocycles. The topological polar surface area (TPSA) is 59.5 Å². The third-order valence-electron chi connectivity index (χ3n) is 2.81. The smallest absolute Gasteiger partial charge is 0.292 e. The van der Waals surface area contributed by atoms with Crippen molar-refractivity contribution in [3.63, 3.8) is 0 Å². The van der Waals surface area contributed by atoms with E-state index >= 15 is 0 Å². The van der Waals surface area contributed by atoms with E-state index in [2.05, 4.69) is 26.2 Å². The highest BCUT2D eigenvalue weighted by Gasteiger charge is 2.16. The van der Waals surface area contributed by atoms with Crippen molar-refractivity contribution in [1.82, 2.24) is 9.38 Å². The maximum Gasteiger partial charge on any atom is 0.292 e. The fourth-order valence-electron chi connectivity index (χ4n) is 1.90. The van der Waals surface area contributed by atoms with Gasteiger partial charge in [0, 0.05) is 6.20 Å². The van der Waals surface area contributed by atoms with Crippen LogP contribution in [0.2, 0.25) is 5.02 Å². The van der Waals surface area contributed by atoms with Crippen LogP contribution in [0, 0.1) is 6.92 Å². The molecule has 0 fully saturated rings. The molecule has 0 saturated heterocycles. The van der Waals surface area contributed by atoms with Crippen molar-refractivity contribution in [2.45, 2.75) is 6.92 Å². The Morgan fingerprint density at radius 3 is 2.95 bits per heavy atom. The number of anilines is 1. The zero-order chi connectivity index (χ0) is 14.3. The Balaban J connectivity index is 2.01. The molecule has 3 heterocycles. The summed E-state index contributed by atoms with van der Waals surface area (Å²) >= 11 is 9.24. The molecule has 1 N–H and O–H groups in total. The van der Waals surface area contributed by atoms with Gasteiger partial charge in [-0.3, -0.25) is 9.20 Å². The van der Waals surface area contributed by atoms with Crippen molar-refractivity contribution in [3.05, 3.63) is 51.6 Å². The molecule has 3 aromatic rings. The summed E-state index contributed by atoms with van der Waals surface area (Å²) in [6.45, 7) is 1.80. The third kappa shape index (κ3) is 2.21. The van der Waals surface area contributed by atoms with E-state index < -0.39 is 0 Å². The molecular weight excluding hydrogens is 346 g/mol. The number of aryl methyl sites for hydroxylation is 1. The number of hydrogen-bond acceptors (Lipinski definition) is 3. The fourth-order valence-corrected chi connectivity index (χ4v) is 2.42. The SMILES string of the molecule is Cc1nc2c(Cl)cccn2c1NC(=O)c1ccc(Br)o1. The first-order valence-corrected chi connectivity index (χ1v) is 6.93. The van der Waals surface area contributed by atoms with Crippen LogP contribution in [-0.4, -0.2) is 15.3 Å². The Hall–Kier alpha value is -1.79.